The highest BCUT2D eigenvalue weighted by Gasteiger charge is 2.54. The Balaban J connectivity index is 1.46. The van der Waals surface area contributed by atoms with Crippen molar-refractivity contribution < 1.29 is 19.5 Å². The molecule has 2 amide bonds. The van der Waals surface area contributed by atoms with Crippen molar-refractivity contribution in [3.63, 3.8) is 0 Å². The number of benzene rings is 1. The fourth-order valence-corrected chi connectivity index (χ4v) is 7.14. The van der Waals surface area contributed by atoms with Crippen molar-refractivity contribution in [2.45, 2.75) is 35.6 Å². The van der Waals surface area contributed by atoms with Crippen LogP contribution in [0.15, 0.2) is 45.9 Å². The van der Waals surface area contributed by atoms with Crippen LogP contribution in [0.1, 0.15) is 22.2 Å². The molecule has 4 rings (SSSR count). The molecule has 8 nitrogen and oxygen atoms in total. The third-order valence-electron chi connectivity index (χ3n) is 5.37. The first-order valence-corrected chi connectivity index (χ1v) is 12.7. The number of hydrogen-bond donors (Lipinski definition) is 3. The molecule has 1 aromatic heterocycles. The number of hydrogen-bond acceptors (Lipinski definition) is 8. The highest BCUT2D eigenvalue weighted by Crippen LogP contribution is 2.42. The number of β-lactam (4-membered cyclic amide) rings is 1. The van der Waals surface area contributed by atoms with Gasteiger partial charge in [-0.3, -0.25) is 14.5 Å². The van der Waals surface area contributed by atoms with E-state index >= 15 is 0 Å². The SMILES string of the molecule is Cc1nc(SCC2=C(C(=O)O)N3C(=O)C(NC(=O)[C@H](N)c4ccccc4)[C@H]3SC2)sc1C. The van der Waals surface area contributed by atoms with Crippen molar-refractivity contribution >= 4 is 52.6 Å². The third kappa shape index (κ3) is 4.29. The Morgan fingerprint density at radius 1 is 1.34 bits per heavy atom. The van der Waals surface area contributed by atoms with E-state index in [1.807, 2.05) is 19.9 Å². The molecule has 3 atom stereocenters. The fraction of sp³-hybridized carbons (Fsp3) is 0.333. The minimum absolute atomic E-state index is 0.00843. The van der Waals surface area contributed by atoms with Crippen molar-refractivity contribution in [3.05, 3.63) is 57.7 Å². The van der Waals surface area contributed by atoms with Crippen LogP contribution in [-0.2, 0) is 14.4 Å². The molecular formula is C21H22N4O4S3. The van der Waals surface area contributed by atoms with Gasteiger partial charge < -0.3 is 16.2 Å². The second-order valence-corrected chi connectivity index (χ2v) is 11.0. The molecule has 1 fully saturated rings. The molecular weight excluding hydrogens is 468 g/mol. The normalized spacial score (nSPS) is 21.1. The zero-order valence-corrected chi connectivity index (χ0v) is 19.9. The Labute approximate surface area is 197 Å². The maximum absolute atomic E-state index is 12.8. The lowest BCUT2D eigenvalue weighted by atomic mass is 10.0. The van der Waals surface area contributed by atoms with Crippen LogP contribution >= 0.6 is 34.9 Å². The van der Waals surface area contributed by atoms with E-state index in [9.17, 15) is 19.5 Å². The number of aryl methyl sites for hydroxylation is 2. The quantitative estimate of drug-likeness (QED) is 0.399. The molecule has 4 N–H and O–H groups in total. The molecule has 2 aliphatic rings. The predicted octanol–water partition coefficient (Wildman–Crippen LogP) is 2.29. The number of nitrogens with zero attached hydrogens (tertiary/aromatic N) is 2. The zero-order valence-electron chi connectivity index (χ0n) is 17.4. The van der Waals surface area contributed by atoms with Gasteiger partial charge in [0, 0.05) is 16.4 Å². The Morgan fingerprint density at radius 2 is 2.06 bits per heavy atom. The molecule has 0 radical (unpaired) electrons. The monoisotopic (exact) mass is 490 g/mol. The van der Waals surface area contributed by atoms with Gasteiger partial charge in [0.2, 0.25) is 5.91 Å². The predicted molar refractivity (Wildman–Crippen MR) is 125 cm³/mol. The van der Waals surface area contributed by atoms with Crippen LogP contribution in [0, 0.1) is 13.8 Å². The molecule has 1 aromatic carbocycles. The number of thiazole rings is 1. The molecule has 0 saturated carbocycles. The molecule has 1 unspecified atom stereocenters. The van der Waals surface area contributed by atoms with Gasteiger partial charge in [-0.25, -0.2) is 9.78 Å². The number of nitrogens with two attached hydrogens (primary N) is 1. The number of carbonyl (C=O) groups excluding carboxylic acids is 2. The van der Waals surface area contributed by atoms with Crippen LogP contribution in [0.3, 0.4) is 0 Å². The van der Waals surface area contributed by atoms with Crippen LogP contribution in [-0.4, -0.2) is 55.7 Å². The Morgan fingerprint density at radius 3 is 2.69 bits per heavy atom. The number of carbonyl (C=O) groups is 3. The number of rotatable bonds is 7. The topological polar surface area (TPSA) is 126 Å². The molecule has 0 aliphatic carbocycles. The summed E-state index contributed by atoms with van der Waals surface area (Å²) in [5.74, 6) is -1.14. The lowest BCUT2D eigenvalue weighted by molar-refractivity contribution is -0.150. The highest BCUT2D eigenvalue weighted by molar-refractivity contribution is 8.01. The van der Waals surface area contributed by atoms with E-state index in [-0.39, 0.29) is 5.70 Å². The van der Waals surface area contributed by atoms with Gasteiger partial charge in [0.15, 0.2) is 4.34 Å². The molecule has 32 heavy (non-hydrogen) atoms. The van der Waals surface area contributed by atoms with Crippen molar-refractivity contribution in [2.24, 2.45) is 5.73 Å². The smallest absolute Gasteiger partial charge is 0.352 e. The lowest BCUT2D eigenvalue weighted by Crippen LogP contribution is -2.71. The maximum Gasteiger partial charge on any atom is 0.352 e. The minimum Gasteiger partial charge on any atom is -0.477 e. The zero-order chi connectivity index (χ0) is 23.0. The van der Waals surface area contributed by atoms with Crippen molar-refractivity contribution in [1.82, 2.24) is 15.2 Å². The Hall–Kier alpha value is -2.34. The third-order valence-corrected chi connectivity index (χ3v) is 9.01. The molecule has 1 saturated heterocycles. The molecule has 2 aromatic rings. The minimum atomic E-state index is -1.14. The van der Waals surface area contributed by atoms with Crippen molar-refractivity contribution in [2.75, 3.05) is 11.5 Å². The number of fused-ring (bicyclic) bond motifs is 1. The van der Waals surface area contributed by atoms with Gasteiger partial charge in [-0.15, -0.1) is 23.1 Å². The summed E-state index contributed by atoms with van der Waals surface area (Å²) in [7, 11) is 0. The molecule has 168 valence electrons. The summed E-state index contributed by atoms with van der Waals surface area (Å²) in [6.45, 7) is 3.94. The molecule has 0 bridgehead atoms. The van der Waals surface area contributed by atoms with E-state index in [0.29, 0.717) is 22.6 Å². The number of aromatic nitrogens is 1. The number of nitrogens with one attached hydrogen (secondary N) is 1. The molecule has 3 heterocycles. The highest BCUT2D eigenvalue weighted by atomic mass is 32.2. The standard InChI is InChI=1S/C21H22N4O4S3/c1-10-11(2)32-21(23-10)31-9-13-8-30-19-15(18(27)25(19)16(13)20(28)29)24-17(26)14(22)12-6-4-3-5-7-12/h3-7,14-15,19H,8-9,22H2,1-2H3,(H,24,26)(H,28,29)/t14-,15?,19-/m1/s1. The summed E-state index contributed by atoms with van der Waals surface area (Å²) in [4.78, 5) is 44.3. The van der Waals surface area contributed by atoms with Gasteiger partial charge in [0.05, 0.1) is 5.69 Å². The number of carboxylic acids is 1. The summed E-state index contributed by atoms with van der Waals surface area (Å²) in [6.07, 6.45) is 0. The van der Waals surface area contributed by atoms with E-state index < -0.39 is 35.2 Å². The number of thioether (sulfide) groups is 2. The van der Waals surface area contributed by atoms with Crippen molar-refractivity contribution in [1.29, 1.82) is 0 Å². The van der Waals surface area contributed by atoms with E-state index in [1.54, 1.807) is 35.6 Å². The van der Waals surface area contributed by atoms with Gasteiger partial charge in [0.25, 0.3) is 5.91 Å². The van der Waals surface area contributed by atoms with Gasteiger partial charge >= 0.3 is 5.97 Å². The average molecular weight is 491 g/mol. The second kappa shape index (κ2) is 9.26. The van der Waals surface area contributed by atoms with Gasteiger partial charge in [0.1, 0.15) is 23.2 Å². The first-order valence-electron chi connectivity index (χ1n) is 9.85. The fourth-order valence-electron chi connectivity index (χ4n) is 3.50. The maximum atomic E-state index is 12.8. The molecule has 0 spiro atoms. The van der Waals surface area contributed by atoms with Crippen LogP contribution in [0.4, 0.5) is 0 Å². The van der Waals surface area contributed by atoms with Gasteiger partial charge in [-0.2, -0.15) is 0 Å². The number of carboxylic acid groups (broad SMARTS) is 1. The number of aliphatic carboxylic acids is 1. The van der Waals surface area contributed by atoms with E-state index in [0.717, 1.165) is 14.9 Å². The van der Waals surface area contributed by atoms with Crippen LogP contribution < -0.4 is 11.1 Å². The first-order chi connectivity index (χ1) is 15.3. The van der Waals surface area contributed by atoms with Crippen LogP contribution in [0.5, 0.6) is 0 Å². The van der Waals surface area contributed by atoms with E-state index in [1.165, 1.54) is 28.4 Å². The average Bonchev–Trinajstić information content (AvgIpc) is 3.12. The van der Waals surface area contributed by atoms with Crippen molar-refractivity contribution in [3.8, 4) is 0 Å². The Kier molecular flexibility index (Phi) is 6.61. The van der Waals surface area contributed by atoms with Gasteiger partial charge in [-0.05, 0) is 25.0 Å². The largest absolute Gasteiger partial charge is 0.477 e. The van der Waals surface area contributed by atoms with E-state index in [2.05, 4.69) is 10.3 Å². The summed E-state index contributed by atoms with van der Waals surface area (Å²) in [6, 6.07) is 7.19. The van der Waals surface area contributed by atoms with Crippen LogP contribution in [0.2, 0.25) is 0 Å². The molecule has 2 aliphatic heterocycles. The molecule has 11 heteroatoms. The Bertz CT molecular complexity index is 1080. The summed E-state index contributed by atoms with van der Waals surface area (Å²) in [5, 5.41) is 12.0. The van der Waals surface area contributed by atoms with Crippen LogP contribution in [0.25, 0.3) is 0 Å². The summed E-state index contributed by atoms with van der Waals surface area (Å²) < 4.78 is 0.874. The van der Waals surface area contributed by atoms with E-state index in [4.69, 9.17) is 5.73 Å². The second-order valence-electron chi connectivity index (χ2n) is 7.45. The summed E-state index contributed by atoms with van der Waals surface area (Å²) in [5.41, 5.74) is 8.32. The van der Waals surface area contributed by atoms with Gasteiger partial charge in [-0.1, -0.05) is 42.1 Å². The summed E-state index contributed by atoms with van der Waals surface area (Å²) >= 11 is 4.49. The first kappa shape index (κ1) is 22.8. The number of amides is 2. The lowest BCUT2D eigenvalue weighted by Gasteiger charge is -2.49.